The van der Waals surface area contributed by atoms with E-state index < -0.39 is 31.0 Å². The fourth-order valence-corrected chi connectivity index (χ4v) is 3.67. The summed E-state index contributed by atoms with van der Waals surface area (Å²) in [4.78, 5) is -0.0211. The van der Waals surface area contributed by atoms with Gasteiger partial charge in [-0.15, -0.1) is 0 Å². The van der Waals surface area contributed by atoms with E-state index >= 15 is 0 Å². The summed E-state index contributed by atoms with van der Waals surface area (Å²) in [5.41, 5.74) is 4.56. The minimum atomic E-state index is -4.24. The van der Waals surface area contributed by atoms with Crippen LogP contribution >= 0.6 is 17.0 Å². The summed E-state index contributed by atoms with van der Waals surface area (Å²) in [6.45, 7) is 3.49. The van der Waals surface area contributed by atoms with E-state index in [-0.39, 0.29) is 4.91 Å². The predicted octanol–water partition coefficient (Wildman–Crippen LogP) is 4.68. The van der Waals surface area contributed by atoms with Crippen LogP contribution in [-0.2, 0) is 31.0 Å². The quantitative estimate of drug-likeness (QED) is 0.670. The zero-order chi connectivity index (χ0) is 17.2. The SMILES string of the molecule is CC1=C(S(=O)(=O)O)C2=C(C)C=C(c3ccccc3)C2=[C]1.[Cl][Zr][Cl]. The molecule has 0 amide bonds. The van der Waals surface area contributed by atoms with Gasteiger partial charge in [-0.05, 0) is 47.8 Å². The van der Waals surface area contributed by atoms with Gasteiger partial charge in [0.15, 0.2) is 0 Å². The second kappa shape index (κ2) is 7.63. The van der Waals surface area contributed by atoms with Crippen molar-refractivity contribution in [1.82, 2.24) is 0 Å². The summed E-state index contributed by atoms with van der Waals surface area (Å²) >= 11 is -0.826. The molecule has 3 nitrogen and oxygen atoms in total. The van der Waals surface area contributed by atoms with Crippen molar-refractivity contribution in [3.63, 3.8) is 0 Å². The number of benzene rings is 1. The summed E-state index contributed by atoms with van der Waals surface area (Å²) in [5, 5.41) is 0. The van der Waals surface area contributed by atoms with Crippen LogP contribution in [0.15, 0.2) is 63.6 Å². The summed E-state index contributed by atoms with van der Waals surface area (Å²) in [5.74, 6) is 0. The van der Waals surface area contributed by atoms with E-state index in [2.05, 4.69) is 6.08 Å². The van der Waals surface area contributed by atoms with Crippen molar-refractivity contribution in [2.24, 2.45) is 0 Å². The van der Waals surface area contributed by atoms with Crippen LogP contribution < -0.4 is 0 Å². The predicted molar refractivity (Wildman–Crippen MR) is 89.8 cm³/mol. The average molecular weight is 447 g/mol. The molecule has 3 rings (SSSR count). The fourth-order valence-electron chi connectivity index (χ4n) is 2.71. The van der Waals surface area contributed by atoms with Crippen molar-refractivity contribution in [2.75, 3.05) is 0 Å². The van der Waals surface area contributed by atoms with Crippen LogP contribution in [0.3, 0.4) is 0 Å². The Morgan fingerprint density at radius 2 is 1.70 bits per heavy atom. The molecule has 0 atom stereocenters. The van der Waals surface area contributed by atoms with Crippen molar-refractivity contribution in [2.45, 2.75) is 13.8 Å². The molecule has 0 spiro atoms. The molecule has 119 valence electrons. The van der Waals surface area contributed by atoms with Gasteiger partial charge in [0.25, 0.3) is 10.1 Å². The Kier molecular flexibility index (Phi) is 6.26. The van der Waals surface area contributed by atoms with Gasteiger partial charge in [-0.2, -0.15) is 8.42 Å². The topological polar surface area (TPSA) is 54.4 Å². The van der Waals surface area contributed by atoms with Gasteiger partial charge < -0.3 is 0 Å². The first-order valence-electron chi connectivity index (χ1n) is 6.59. The number of hydrogen-bond acceptors (Lipinski definition) is 2. The fraction of sp³-hybridized carbons (Fsp3) is 0.125. The normalized spacial score (nSPS) is 16.6. The summed E-state index contributed by atoms with van der Waals surface area (Å²) in [7, 11) is 5.63. The van der Waals surface area contributed by atoms with Crippen molar-refractivity contribution in [3.8, 4) is 0 Å². The molecule has 0 unspecified atom stereocenters. The Morgan fingerprint density at radius 1 is 1.13 bits per heavy atom. The molecule has 1 radical (unpaired) electrons. The van der Waals surface area contributed by atoms with Crippen LogP contribution in [0.4, 0.5) is 0 Å². The number of halogens is 2. The maximum atomic E-state index is 11.6. The summed E-state index contributed by atoms with van der Waals surface area (Å²) in [6, 6.07) is 9.74. The van der Waals surface area contributed by atoms with Gasteiger partial charge in [-0.25, -0.2) is 0 Å². The zero-order valence-corrected chi connectivity index (χ0v) is 17.2. The molecule has 1 aromatic rings. The molecule has 0 saturated carbocycles. The molecule has 0 saturated heterocycles. The molecule has 0 aliphatic heterocycles. The third-order valence-corrected chi connectivity index (χ3v) is 4.52. The van der Waals surface area contributed by atoms with Crippen molar-refractivity contribution in [3.05, 3.63) is 75.2 Å². The van der Waals surface area contributed by atoms with Gasteiger partial charge in [0.1, 0.15) is 4.91 Å². The minimum absolute atomic E-state index is 0.0211. The van der Waals surface area contributed by atoms with E-state index in [9.17, 15) is 13.0 Å². The van der Waals surface area contributed by atoms with Gasteiger partial charge in [0, 0.05) is 5.57 Å². The van der Waals surface area contributed by atoms with E-state index in [4.69, 9.17) is 17.0 Å². The third-order valence-electron chi connectivity index (χ3n) is 3.50. The molecule has 2 aliphatic rings. The Hall–Kier alpha value is -0.447. The van der Waals surface area contributed by atoms with Crippen LogP contribution in [0, 0.1) is 6.08 Å². The number of hydrogen-bond donors (Lipinski definition) is 1. The van der Waals surface area contributed by atoms with E-state index in [0.717, 1.165) is 22.3 Å². The number of fused-ring (bicyclic) bond motifs is 1. The van der Waals surface area contributed by atoms with Crippen LogP contribution in [0.5, 0.6) is 0 Å². The molecule has 0 heterocycles. The van der Waals surface area contributed by atoms with E-state index in [0.29, 0.717) is 11.1 Å². The molecule has 2 aliphatic carbocycles. The number of rotatable bonds is 2. The standard InChI is InChI=1S/C16H13O3S.2ClH.Zr/c1-10-8-13(12-6-4-3-5-7-12)14-9-11(2)16(15(10)14)20(17,18)19;;;/h3-8H,1-2H3,(H,17,18,19);2*1H;/q;;;+2/p-2. The van der Waals surface area contributed by atoms with E-state index in [1.165, 1.54) is 0 Å². The molecule has 0 fully saturated rings. The molecule has 1 aromatic carbocycles. The first-order valence-corrected chi connectivity index (χ1v) is 14.4. The van der Waals surface area contributed by atoms with Crippen molar-refractivity contribution in [1.29, 1.82) is 0 Å². The Bertz CT molecular complexity index is 851. The molecular weight excluding hydrogens is 434 g/mol. The Morgan fingerprint density at radius 3 is 2.22 bits per heavy atom. The molecule has 1 N–H and O–H groups in total. The van der Waals surface area contributed by atoms with Gasteiger partial charge in [0.05, 0.1) is 0 Å². The Balaban J connectivity index is 0.000000595. The third kappa shape index (κ3) is 3.97. The molecule has 0 aromatic heterocycles. The average Bonchev–Trinajstić information content (AvgIpc) is 2.97. The van der Waals surface area contributed by atoms with E-state index in [1.54, 1.807) is 6.92 Å². The monoisotopic (exact) mass is 445 g/mol. The maximum absolute atomic E-state index is 11.6. The Labute approximate surface area is 154 Å². The number of allylic oxidation sites excluding steroid dienone is 7. The summed E-state index contributed by atoms with van der Waals surface area (Å²) in [6.07, 6.45) is 5.02. The first kappa shape index (κ1) is 18.9. The van der Waals surface area contributed by atoms with Gasteiger partial charge in [0.2, 0.25) is 0 Å². The second-order valence-electron chi connectivity index (χ2n) is 4.98. The van der Waals surface area contributed by atoms with Gasteiger partial charge in [-0.1, -0.05) is 36.4 Å². The molecule has 0 bridgehead atoms. The van der Waals surface area contributed by atoms with Crippen molar-refractivity contribution >= 4 is 32.7 Å². The van der Waals surface area contributed by atoms with Gasteiger partial charge >= 0.3 is 37.9 Å². The zero-order valence-electron chi connectivity index (χ0n) is 12.4. The van der Waals surface area contributed by atoms with Crippen LogP contribution in [0.2, 0.25) is 0 Å². The van der Waals surface area contributed by atoms with Crippen LogP contribution in [-0.4, -0.2) is 13.0 Å². The van der Waals surface area contributed by atoms with Gasteiger partial charge in [-0.3, -0.25) is 4.55 Å². The molecule has 7 heteroatoms. The van der Waals surface area contributed by atoms with Crippen molar-refractivity contribution < 1.29 is 33.8 Å². The van der Waals surface area contributed by atoms with Crippen LogP contribution in [0.25, 0.3) is 5.57 Å². The first-order chi connectivity index (χ1) is 10.8. The molecule has 23 heavy (non-hydrogen) atoms. The molecular formula is C16H13Cl2O3SZr. The van der Waals surface area contributed by atoms with E-state index in [1.807, 2.05) is 43.3 Å². The van der Waals surface area contributed by atoms with Crippen LogP contribution in [0.1, 0.15) is 19.4 Å². The second-order valence-corrected chi connectivity index (χ2v) is 10.1. The summed E-state index contributed by atoms with van der Waals surface area (Å²) < 4.78 is 32.5.